The summed E-state index contributed by atoms with van der Waals surface area (Å²) in [5, 5.41) is 1.79. The number of aromatic nitrogens is 1. The van der Waals surface area contributed by atoms with Crippen molar-refractivity contribution in [3.63, 3.8) is 0 Å². The van der Waals surface area contributed by atoms with Crippen LogP contribution in [0.1, 0.15) is 11.1 Å². The van der Waals surface area contributed by atoms with E-state index >= 15 is 0 Å². The zero-order chi connectivity index (χ0) is 12.6. The Balaban J connectivity index is 2.79. The van der Waals surface area contributed by atoms with Crippen LogP contribution in [-0.4, -0.2) is 10.9 Å². The summed E-state index contributed by atoms with van der Waals surface area (Å²) in [5.74, 6) is -0.406. The smallest absolute Gasteiger partial charge is 0.221 e. The van der Waals surface area contributed by atoms with Crippen molar-refractivity contribution in [1.29, 1.82) is 0 Å². The third-order valence-corrected chi connectivity index (χ3v) is 3.22. The van der Waals surface area contributed by atoms with Gasteiger partial charge in [-0.25, -0.2) is 4.98 Å². The number of carbonyl (C=O) groups excluding carboxylic acids is 1. The SMILES string of the molecule is Cc1c(Cl)nc2ccc(Cl)cc2c1CC(N)=O. The molecule has 0 spiro atoms. The summed E-state index contributed by atoms with van der Waals surface area (Å²) in [5.41, 5.74) is 7.50. The number of amides is 1. The number of nitrogens with zero attached hydrogens (tertiary/aromatic N) is 1. The van der Waals surface area contributed by atoms with Gasteiger partial charge in [0.05, 0.1) is 11.9 Å². The van der Waals surface area contributed by atoms with E-state index in [1.807, 2.05) is 6.92 Å². The minimum atomic E-state index is -0.406. The topological polar surface area (TPSA) is 56.0 Å². The maximum atomic E-state index is 11.1. The van der Waals surface area contributed by atoms with Crippen LogP contribution in [0.3, 0.4) is 0 Å². The summed E-state index contributed by atoms with van der Waals surface area (Å²) in [6.45, 7) is 1.81. The second kappa shape index (κ2) is 4.51. The average Bonchev–Trinajstić information content (AvgIpc) is 2.25. The van der Waals surface area contributed by atoms with E-state index in [0.717, 1.165) is 16.5 Å². The van der Waals surface area contributed by atoms with Gasteiger partial charge < -0.3 is 5.73 Å². The summed E-state index contributed by atoms with van der Waals surface area (Å²) in [6, 6.07) is 5.27. The molecular formula is C12H10Cl2N2O. The van der Waals surface area contributed by atoms with Gasteiger partial charge in [0.15, 0.2) is 0 Å². The van der Waals surface area contributed by atoms with E-state index in [0.29, 0.717) is 15.7 Å². The summed E-state index contributed by atoms with van der Waals surface area (Å²) in [6.07, 6.45) is 0.130. The number of primary amides is 1. The van der Waals surface area contributed by atoms with E-state index in [2.05, 4.69) is 4.98 Å². The Kier molecular flexibility index (Phi) is 3.22. The van der Waals surface area contributed by atoms with Crippen molar-refractivity contribution in [3.05, 3.63) is 39.5 Å². The molecule has 0 saturated heterocycles. The van der Waals surface area contributed by atoms with Crippen LogP contribution in [-0.2, 0) is 11.2 Å². The average molecular weight is 269 g/mol. The highest BCUT2D eigenvalue weighted by Crippen LogP contribution is 2.28. The first-order valence-electron chi connectivity index (χ1n) is 5.01. The number of fused-ring (bicyclic) bond motifs is 1. The molecule has 0 atom stereocenters. The number of nitrogens with two attached hydrogens (primary N) is 1. The molecule has 0 radical (unpaired) electrons. The fourth-order valence-electron chi connectivity index (χ4n) is 1.77. The predicted octanol–water partition coefficient (Wildman–Crippen LogP) is 2.88. The number of hydrogen-bond donors (Lipinski definition) is 1. The number of halogens is 2. The fraction of sp³-hybridized carbons (Fsp3) is 0.167. The van der Waals surface area contributed by atoms with Crippen molar-refractivity contribution in [2.24, 2.45) is 5.73 Å². The van der Waals surface area contributed by atoms with E-state index in [4.69, 9.17) is 28.9 Å². The molecule has 1 aromatic carbocycles. The Morgan fingerprint density at radius 2 is 2.12 bits per heavy atom. The molecule has 1 aromatic heterocycles. The van der Waals surface area contributed by atoms with Crippen LogP contribution in [0.4, 0.5) is 0 Å². The van der Waals surface area contributed by atoms with Crippen molar-refractivity contribution >= 4 is 40.0 Å². The second-order valence-corrected chi connectivity index (χ2v) is 4.61. The van der Waals surface area contributed by atoms with Gasteiger partial charge >= 0.3 is 0 Å². The molecule has 2 N–H and O–H groups in total. The largest absolute Gasteiger partial charge is 0.369 e. The van der Waals surface area contributed by atoms with Crippen LogP contribution >= 0.6 is 23.2 Å². The van der Waals surface area contributed by atoms with E-state index < -0.39 is 5.91 Å². The number of pyridine rings is 1. The minimum absolute atomic E-state index is 0.130. The van der Waals surface area contributed by atoms with Crippen LogP contribution in [0.5, 0.6) is 0 Å². The summed E-state index contributed by atoms with van der Waals surface area (Å²) >= 11 is 12.0. The zero-order valence-electron chi connectivity index (χ0n) is 9.13. The first-order valence-corrected chi connectivity index (χ1v) is 5.77. The van der Waals surface area contributed by atoms with E-state index in [-0.39, 0.29) is 6.42 Å². The number of rotatable bonds is 2. The number of carbonyl (C=O) groups is 1. The fourth-order valence-corrected chi connectivity index (χ4v) is 2.14. The van der Waals surface area contributed by atoms with Gasteiger partial charge in [-0.05, 0) is 36.2 Å². The van der Waals surface area contributed by atoms with Gasteiger partial charge in [-0.2, -0.15) is 0 Å². The molecule has 0 bridgehead atoms. The molecule has 1 amide bonds. The molecule has 17 heavy (non-hydrogen) atoms. The molecule has 0 aliphatic carbocycles. The maximum absolute atomic E-state index is 11.1. The normalized spacial score (nSPS) is 10.8. The third kappa shape index (κ3) is 2.35. The van der Waals surface area contributed by atoms with Gasteiger partial charge in [0.25, 0.3) is 0 Å². The molecule has 5 heteroatoms. The highest BCUT2D eigenvalue weighted by molar-refractivity contribution is 6.32. The molecule has 0 saturated carbocycles. The molecular weight excluding hydrogens is 259 g/mol. The lowest BCUT2D eigenvalue weighted by molar-refractivity contribution is -0.117. The zero-order valence-corrected chi connectivity index (χ0v) is 10.6. The van der Waals surface area contributed by atoms with Crippen molar-refractivity contribution in [3.8, 4) is 0 Å². The Morgan fingerprint density at radius 1 is 1.41 bits per heavy atom. The number of benzene rings is 1. The van der Waals surface area contributed by atoms with Gasteiger partial charge in [-0.3, -0.25) is 4.79 Å². The van der Waals surface area contributed by atoms with Gasteiger partial charge in [-0.1, -0.05) is 23.2 Å². The van der Waals surface area contributed by atoms with Gasteiger partial charge in [-0.15, -0.1) is 0 Å². The lowest BCUT2D eigenvalue weighted by Crippen LogP contribution is -2.15. The van der Waals surface area contributed by atoms with Crippen molar-refractivity contribution in [2.45, 2.75) is 13.3 Å². The standard InChI is InChI=1S/C12H10Cl2N2O/c1-6-8(5-11(15)17)9-4-7(13)2-3-10(9)16-12(6)14/h2-4H,5H2,1H3,(H2,15,17). The van der Waals surface area contributed by atoms with Crippen molar-refractivity contribution in [1.82, 2.24) is 4.98 Å². The predicted molar refractivity (Wildman–Crippen MR) is 69.4 cm³/mol. The Morgan fingerprint density at radius 3 is 2.76 bits per heavy atom. The minimum Gasteiger partial charge on any atom is -0.369 e. The van der Waals surface area contributed by atoms with Crippen LogP contribution in [0.25, 0.3) is 10.9 Å². The van der Waals surface area contributed by atoms with Crippen molar-refractivity contribution in [2.75, 3.05) is 0 Å². The molecule has 0 aliphatic rings. The first kappa shape index (κ1) is 12.1. The monoisotopic (exact) mass is 268 g/mol. The van der Waals surface area contributed by atoms with Gasteiger partial charge in [0, 0.05) is 10.4 Å². The lowest BCUT2D eigenvalue weighted by Gasteiger charge is -2.10. The van der Waals surface area contributed by atoms with E-state index in [1.165, 1.54) is 0 Å². The maximum Gasteiger partial charge on any atom is 0.221 e. The number of hydrogen-bond acceptors (Lipinski definition) is 2. The molecule has 1 heterocycles. The highest BCUT2D eigenvalue weighted by Gasteiger charge is 2.12. The second-order valence-electron chi connectivity index (χ2n) is 3.81. The highest BCUT2D eigenvalue weighted by atomic mass is 35.5. The van der Waals surface area contributed by atoms with Crippen LogP contribution in [0.15, 0.2) is 18.2 Å². The summed E-state index contributed by atoms with van der Waals surface area (Å²) in [7, 11) is 0. The molecule has 0 unspecified atom stereocenters. The first-order chi connectivity index (χ1) is 7.99. The van der Waals surface area contributed by atoms with Crippen LogP contribution < -0.4 is 5.73 Å². The molecule has 88 valence electrons. The quantitative estimate of drug-likeness (QED) is 0.852. The van der Waals surface area contributed by atoms with Gasteiger partial charge in [0.1, 0.15) is 5.15 Å². The van der Waals surface area contributed by atoms with E-state index in [1.54, 1.807) is 18.2 Å². The Bertz CT molecular complexity index is 611. The lowest BCUT2D eigenvalue weighted by atomic mass is 10.0. The summed E-state index contributed by atoms with van der Waals surface area (Å²) < 4.78 is 0. The van der Waals surface area contributed by atoms with E-state index in [9.17, 15) is 4.79 Å². The van der Waals surface area contributed by atoms with Crippen LogP contribution in [0, 0.1) is 6.92 Å². The molecule has 2 rings (SSSR count). The van der Waals surface area contributed by atoms with Crippen molar-refractivity contribution < 1.29 is 4.79 Å². The third-order valence-electron chi connectivity index (χ3n) is 2.62. The van der Waals surface area contributed by atoms with Crippen LogP contribution in [0.2, 0.25) is 10.2 Å². The molecule has 0 fully saturated rings. The Labute approximate surface area is 109 Å². The molecule has 0 aliphatic heterocycles. The van der Waals surface area contributed by atoms with Gasteiger partial charge in [0.2, 0.25) is 5.91 Å². The molecule has 3 nitrogen and oxygen atoms in total. The summed E-state index contributed by atoms with van der Waals surface area (Å²) in [4.78, 5) is 15.3. The molecule has 2 aromatic rings. The Hall–Kier alpha value is -1.32.